The van der Waals surface area contributed by atoms with Crippen LogP contribution in [-0.4, -0.2) is 40.6 Å². The van der Waals surface area contributed by atoms with E-state index in [1.807, 2.05) is 4.90 Å². The zero-order chi connectivity index (χ0) is 15.4. The first kappa shape index (κ1) is 16.7. The van der Waals surface area contributed by atoms with E-state index >= 15 is 0 Å². The molecule has 5 heteroatoms. The Bertz CT molecular complexity index is 382. The molecule has 2 aliphatic rings. The lowest BCUT2D eigenvalue weighted by molar-refractivity contribution is -0.154. The number of hydrogen-bond acceptors (Lipinski definition) is 4. The van der Waals surface area contributed by atoms with Gasteiger partial charge < -0.3 is 9.64 Å². The van der Waals surface area contributed by atoms with E-state index in [0.717, 1.165) is 32.1 Å². The molecule has 1 aliphatic heterocycles. The second-order valence-electron chi connectivity index (χ2n) is 6.47. The Labute approximate surface area is 132 Å². The average Bonchev–Trinajstić information content (AvgIpc) is 3.19. The first-order valence-corrected chi connectivity index (χ1v) is 9.19. The van der Waals surface area contributed by atoms with Crippen LogP contribution < -0.4 is 0 Å². The summed E-state index contributed by atoms with van der Waals surface area (Å²) < 4.78 is 5.35. The number of unbranched alkanes of at least 4 members (excludes halogenated alkanes) is 1. The molecule has 21 heavy (non-hydrogen) atoms. The minimum atomic E-state index is -0.372. The van der Waals surface area contributed by atoms with Gasteiger partial charge in [-0.15, -0.1) is 11.8 Å². The summed E-state index contributed by atoms with van der Waals surface area (Å²) in [6, 6.07) is -0.372. The largest absolute Gasteiger partial charge is 0.464 e. The maximum atomic E-state index is 12.5. The molecule has 0 aromatic heterocycles. The normalized spacial score (nSPS) is 25.4. The summed E-state index contributed by atoms with van der Waals surface area (Å²) in [6.07, 6.45) is 4.80. The quantitative estimate of drug-likeness (QED) is 0.535. The first-order chi connectivity index (χ1) is 10.0. The van der Waals surface area contributed by atoms with Gasteiger partial charge in [0.15, 0.2) is 0 Å². The van der Waals surface area contributed by atoms with Gasteiger partial charge in [0, 0.05) is 11.7 Å². The molecule has 0 aromatic carbocycles. The van der Waals surface area contributed by atoms with Crippen molar-refractivity contribution in [1.82, 2.24) is 4.90 Å². The number of nitrogens with zero attached hydrogens (tertiary/aromatic N) is 1. The number of thioether (sulfide) groups is 1. The molecule has 2 atom stereocenters. The highest BCUT2D eigenvalue weighted by atomic mass is 32.2. The zero-order valence-corrected chi connectivity index (χ0v) is 14.2. The van der Waals surface area contributed by atoms with Gasteiger partial charge in [-0.25, -0.2) is 4.79 Å². The number of carbonyl (C=O) groups excluding carboxylic acids is 2. The van der Waals surface area contributed by atoms with E-state index < -0.39 is 0 Å². The Hall–Kier alpha value is -0.710. The highest BCUT2D eigenvalue weighted by Gasteiger charge is 2.46. The van der Waals surface area contributed by atoms with Crippen LogP contribution in [0.3, 0.4) is 0 Å². The van der Waals surface area contributed by atoms with Gasteiger partial charge in [0.2, 0.25) is 5.91 Å². The Balaban J connectivity index is 2.00. The Morgan fingerprint density at radius 2 is 2.05 bits per heavy atom. The fourth-order valence-corrected chi connectivity index (χ4v) is 4.21. The number of carbonyl (C=O) groups is 2. The third-order valence-corrected chi connectivity index (χ3v) is 5.27. The van der Waals surface area contributed by atoms with E-state index in [1.54, 1.807) is 11.8 Å². The molecule has 1 heterocycles. The van der Waals surface area contributed by atoms with Gasteiger partial charge in [0.1, 0.15) is 6.04 Å². The van der Waals surface area contributed by atoms with E-state index in [2.05, 4.69) is 20.8 Å². The van der Waals surface area contributed by atoms with Crippen molar-refractivity contribution in [3.05, 3.63) is 0 Å². The fraction of sp³-hybridized carbons (Fsp3) is 0.875. The SMILES string of the molecule is CCCCOC(=O)C1CSC(CC(C)C)N1C(=O)C1CC1. The smallest absolute Gasteiger partial charge is 0.329 e. The van der Waals surface area contributed by atoms with Crippen LogP contribution >= 0.6 is 11.8 Å². The molecular weight excluding hydrogens is 286 g/mol. The van der Waals surface area contributed by atoms with Gasteiger partial charge in [0.05, 0.1) is 12.0 Å². The molecule has 120 valence electrons. The highest BCUT2D eigenvalue weighted by molar-refractivity contribution is 8.00. The van der Waals surface area contributed by atoms with E-state index in [4.69, 9.17) is 4.74 Å². The minimum absolute atomic E-state index is 0.141. The van der Waals surface area contributed by atoms with E-state index in [1.165, 1.54) is 0 Å². The Morgan fingerprint density at radius 1 is 1.33 bits per heavy atom. The average molecular weight is 313 g/mol. The lowest BCUT2D eigenvalue weighted by Crippen LogP contribution is -2.47. The van der Waals surface area contributed by atoms with Crippen LogP contribution in [0.25, 0.3) is 0 Å². The van der Waals surface area contributed by atoms with Crippen LogP contribution in [0.5, 0.6) is 0 Å². The second kappa shape index (κ2) is 7.52. The zero-order valence-electron chi connectivity index (χ0n) is 13.3. The fourth-order valence-electron chi connectivity index (χ4n) is 2.58. The van der Waals surface area contributed by atoms with Crippen molar-refractivity contribution in [2.75, 3.05) is 12.4 Å². The Morgan fingerprint density at radius 3 is 2.62 bits per heavy atom. The molecular formula is C16H27NO3S. The second-order valence-corrected chi connectivity index (χ2v) is 7.68. The molecule has 1 aliphatic carbocycles. The van der Waals surface area contributed by atoms with Crippen molar-refractivity contribution >= 4 is 23.6 Å². The van der Waals surface area contributed by atoms with Crippen molar-refractivity contribution in [2.45, 2.75) is 64.3 Å². The summed E-state index contributed by atoms with van der Waals surface area (Å²) in [6.45, 7) is 6.86. The van der Waals surface area contributed by atoms with Crippen LogP contribution in [0.4, 0.5) is 0 Å². The molecule has 0 bridgehead atoms. The van der Waals surface area contributed by atoms with E-state index in [0.29, 0.717) is 18.3 Å². The maximum absolute atomic E-state index is 12.5. The first-order valence-electron chi connectivity index (χ1n) is 8.15. The molecule has 0 spiro atoms. The Kier molecular flexibility index (Phi) is 5.97. The van der Waals surface area contributed by atoms with Crippen LogP contribution in [0, 0.1) is 11.8 Å². The molecule has 1 saturated heterocycles. The van der Waals surface area contributed by atoms with Crippen LogP contribution in [-0.2, 0) is 14.3 Å². The summed E-state index contributed by atoms with van der Waals surface area (Å²) in [7, 11) is 0. The molecule has 2 rings (SSSR count). The van der Waals surface area contributed by atoms with Gasteiger partial charge in [-0.2, -0.15) is 0 Å². The predicted octanol–water partition coefficient (Wildman–Crippen LogP) is 3.06. The summed E-state index contributed by atoms with van der Waals surface area (Å²) in [5.74, 6) is 1.32. The lowest BCUT2D eigenvalue weighted by atomic mass is 10.1. The molecule has 1 amide bonds. The van der Waals surface area contributed by atoms with Gasteiger partial charge in [0.25, 0.3) is 0 Å². The minimum Gasteiger partial charge on any atom is -0.464 e. The monoisotopic (exact) mass is 313 g/mol. The molecule has 1 saturated carbocycles. The molecule has 4 nitrogen and oxygen atoms in total. The summed E-state index contributed by atoms with van der Waals surface area (Å²) >= 11 is 1.73. The molecule has 2 fully saturated rings. The van der Waals surface area contributed by atoms with Gasteiger partial charge in [-0.05, 0) is 31.6 Å². The van der Waals surface area contributed by atoms with Crippen molar-refractivity contribution < 1.29 is 14.3 Å². The number of amides is 1. The molecule has 2 unspecified atom stereocenters. The number of rotatable bonds is 7. The van der Waals surface area contributed by atoms with E-state index in [9.17, 15) is 9.59 Å². The number of ether oxygens (including phenoxy) is 1. The van der Waals surface area contributed by atoms with Crippen molar-refractivity contribution in [3.63, 3.8) is 0 Å². The van der Waals surface area contributed by atoms with Crippen LogP contribution in [0.1, 0.15) is 52.9 Å². The van der Waals surface area contributed by atoms with Gasteiger partial charge in [-0.3, -0.25) is 4.79 Å². The molecule has 0 aromatic rings. The summed E-state index contributed by atoms with van der Waals surface area (Å²) in [5, 5.41) is 0.141. The van der Waals surface area contributed by atoms with Crippen molar-refractivity contribution in [2.24, 2.45) is 11.8 Å². The molecule has 0 N–H and O–H groups in total. The third-order valence-electron chi connectivity index (χ3n) is 3.96. The topological polar surface area (TPSA) is 46.6 Å². The van der Waals surface area contributed by atoms with Gasteiger partial charge in [-0.1, -0.05) is 27.2 Å². The maximum Gasteiger partial charge on any atom is 0.329 e. The van der Waals surface area contributed by atoms with Crippen LogP contribution in [0.15, 0.2) is 0 Å². The summed E-state index contributed by atoms with van der Waals surface area (Å²) in [5.41, 5.74) is 0. The van der Waals surface area contributed by atoms with E-state index in [-0.39, 0.29) is 29.2 Å². The van der Waals surface area contributed by atoms with Crippen molar-refractivity contribution in [3.8, 4) is 0 Å². The van der Waals surface area contributed by atoms with Crippen LogP contribution in [0.2, 0.25) is 0 Å². The third kappa shape index (κ3) is 4.38. The standard InChI is InChI=1S/C16H27NO3S/c1-4-5-8-20-16(19)13-10-21-14(9-11(2)3)17(13)15(18)12-6-7-12/h11-14H,4-10H2,1-3H3. The number of hydrogen-bond donors (Lipinski definition) is 0. The van der Waals surface area contributed by atoms with Crippen molar-refractivity contribution in [1.29, 1.82) is 0 Å². The summed E-state index contributed by atoms with van der Waals surface area (Å²) in [4.78, 5) is 26.7. The highest BCUT2D eigenvalue weighted by Crippen LogP contribution is 2.39. The number of esters is 1. The molecule has 0 radical (unpaired) electrons. The lowest BCUT2D eigenvalue weighted by Gasteiger charge is -2.29. The van der Waals surface area contributed by atoms with Gasteiger partial charge >= 0.3 is 5.97 Å². The predicted molar refractivity (Wildman–Crippen MR) is 84.9 cm³/mol.